The number of anilines is 2. The van der Waals surface area contributed by atoms with Crippen LogP contribution in [0, 0.1) is 0 Å². The lowest BCUT2D eigenvalue weighted by molar-refractivity contribution is -0.137. The number of rotatable bonds is 2. The Labute approximate surface area is 152 Å². The summed E-state index contributed by atoms with van der Waals surface area (Å²) in [6, 6.07) is 5.77. The van der Waals surface area contributed by atoms with E-state index in [2.05, 4.69) is 15.3 Å². The fraction of sp³-hybridized carbons (Fsp3) is 0.312. The Bertz CT molecular complexity index is 779. The highest BCUT2D eigenvalue weighted by Crippen LogP contribution is 2.33. The van der Waals surface area contributed by atoms with Gasteiger partial charge in [0.1, 0.15) is 11.6 Å². The van der Waals surface area contributed by atoms with E-state index in [9.17, 15) is 18.0 Å². The molecule has 1 N–H and O–H groups in total. The third kappa shape index (κ3) is 4.16. The van der Waals surface area contributed by atoms with Gasteiger partial charge in [-0.2, -0.15) is 13.2 Å². The minimum Gasteiger partial charge on any atom is -0.352 e. The molecule has 0 unspecified atom stereocenters. The van der Waals surface area contributed by atoms with E-state index in [0.717, 1.165) is 12.3 Å². The number of piperazine rings is 1. The Morgan fingerprint density at radius 2 is 1.88 bits per heavy atom. The van der Waals surface area contributed by atoms with Gasteiger partial charge in [0, 0.05) is 38.6 Å². The van der Waals surface area contributed by atoms with Crippen LogP contribution in [-0.4, -0.2) is 47.1 Å². The summed E-state index contributed by atoms with van der Waals surface area (Å²) in [6.45, 7) is 1.59. The van der Waals surface area contributed by atoms with Crippen LogP contribution in [0.4, 0.5) is 29.6 Å². The number of nitrogens with zero attached hydrogens (tertiary/aromatic N) is 4. The monoisotopic (exact) mass is 385 g/mol. The number of pyridine rings is 2. The van der Waals surface area contributed by atoms with Gasteiger partial charge in [-0.1, -0.05) is 17.7 Å². The lowest BCUT2D eigenvalue weighted by atomic mass is 10.2. The maximum atomic E-state index is 12.7. The Kier molecular flexibility index (Phi) is 5.17. The minimum atomic E-state index is -4.49. The van der Waals surface area contributed by atoms with Crippen LogP contribution in [0.25, 0.3) is 0 Å². The van der Waals surface area contributed by atoms with Crippen LogP contribution in [0.3, 0.4) is 0 Å². The predicted octanol–water partition coefficient (Wildman–Crippen LogP) is 3.50. The van der Waals surface area contributed by atoms with Crippen LogP contribution in [0.5, 0.6) is 0 Å². The largest absolute Gasteiger partial charge is 0.417 e. The van der Waals surface area contributed by atoms with E-state index >= 15 is 0 Å². The zero-order valence-electron chi connectivity index (χ0n) is 13.5. The summed E-state index contributed by atoms with van der Waals surface area (Å²) >= 11 is 5.97. The summed E-state index contributed by atoms with van der Waals surface area (Å²) < 4.78 is 38.1. The van der Waals surface area contributed by atoms with Crippen LogP contribution in [0.15, 0.2) is 36.7 Å². The Balaban J connectivity index is 1.61. The molecule has 3 heterocycles. The van der Waals surface area contributed by atoms with Crippen molar-refractivity contribution in [3.8, 4) is 0 Å². The zero-order valence-corrected chi connectivity index (χ0v) is 14.3. The molecule has 10 heteroatoms. The molecule has 1 saturated heterocycles. The van der Waals surface area contributed by atoms with Crippen molar-refractivity contribution in [1.29, 1.82) is 0 Å². The molecule has 1 fully saturated rings. The summed E-state index contributed by atoms with van der Waals surface area (Å²) in [7, 11) is 0. The van der Waals surface area contributed by atoms with Gasteiger partial charge in [0.05, 0.1) is 10.6 Å². The van der Waals surface area contributed by atoms with Crippen molar-refractivity contribution in [2.75, 3.05) is 36.4 Å². The SMILES string of the molecule is O=C(Nc1ccccn1)N1CCN(c2ncc(C(F)(F)F)cc2Cl)CC1. The number of carbonyl (C=O) groups excluding carboxylic acids is 1. The van der Waals surface area contributed by atoms with Gasteiger partial charge in [-0.15, -0.1) is 0 Å². The normalized spacial score (nSPS) is 15.1. The molecule has 26 heavy (non-hydrogen) atoms. The molecule has 0 aromatic carbocycles. The average molecular weight is 386 g/mol. The molecule has 2 aromatic heterocycles. The third-order valence-corrected chi connectivity index (χ3v) is 4.19. The van der Waals surface area contributed by atoms with Gasteiger partial charge in [-0.25, -0.2) is 14.8 Å². The first-order valence-electron chi connectivity index (χ1n) is 7.79. The Morgan fingerprint density at radius 1 is 1.15 bits per heavy atom. The summed E-state index contributed by atoms with van der Waals surface area (Å²) in [5, 5.41) is 2.63. The molecule has 0 radical (unpaired) electrons. The Hall–Kier alpha value is -2.55. The highest BCUT2D eigenvalue weighted by Gasteiger charge is 2.32. The fourth-order valence-corrected chi connectivity index (χ4v) is 2.85. The summed E-state index contributed by atoms with van der Waals surface area (Å²) in [6.07, 6.45) is -2.15. The van der Waals surface area contributed by atoms with Crippen molar-refractivity contribution in [2.45, 2.75) is 6.18 Å². The van der Waals surface area contributed by atoms with Crippen LogP contribution >= 0.6 is 11.6 Å². The number of amides is 2. The van der Waals surface area contributed by atoms with Crippen LogP contribution < -0.4 is 10.2 Å². The minimum absolute atomic E-state index is 0.0637. The van der Waals surface area contributed by atoms with Crippen LogP contribution in [0.1, 0.15) is 5.56 Å². The maximum Gasteiger partial charge on any atom is 0.417 e. The van der Waals surface area contributed by atoms with Crippen LogP contribution in [-0.2, 0) is 6.18 Å². The quantitative estimate of drug-likeness (QED) is 0.859. The number of nitrogens with one attached hydrogen (secondary N) is 1. The summed E-state index contributed by atoms with van der Waals surface area (Å²) in [5.74, 6) is 0.733. The number of halogens is 4. The molecular formula is C16H15ClF3N5O. The number of urea groups is 1. The smallest absolute Gasteiger partial charge is 0.352 e. The van der Waals surface area contributed by atoms with Gasteiger partial charge < -0.3 is 9.80 Å². The summed E-state index contributed by atoms with van der Waals surface area (Å²) in [5.41, 5.74) is -0.889. The van der Waals surface area contributed by atoms with Gasteiger partial charge in [0.2, 0.25) is 0 Å². The molecule has 1 aliphatic heterocycles. The molecule has 0 atom stereocenters. The predicted molar refractivity (Wildman–Crippen MR) is 91.3 cm³/mol. The maximum absolute atomic E-state index is 12.7. The van der Waals surface area contributed by atoms with Gasteiger partial charge in [0.15, 0.2) is 0 Å². The second-order valence-electron chi connectivity index (χ2n) is 5.65. The average Bonchev–Trinajstić information content (AvgIpc) is 2.62. The van der Waals surface area contributed by atoms with E-state index in [0.29, 0.717) is 32.0 Å². The highest BCUT2D eigenvalue weighted by atomic mass is 35.5. The van der Waals surface area contributed by atoms with Crippen molar-refractivity contribution in [3.63, 3.8) is 0 Å². The van der Waals surface area contributed by atoms with Gasteiger partial charge in [-0.05, 0) is 18.2 Å². The van der Waals surface area contributed by atoms with E-state index in [1.165, 1.54) is 0 Å². The second kappa shape index (κ2) is 7.36. The van der Waals surface area contributed by atoms with Crippen molar-refractivity contribution in [1.82, 2.24) is 14.9 Å². The zero-order chi connectivity index (χ0) is 18.7. The molecule has 2 amide bonds. The van der Waals surface area contributed by atoms with E-state index in [4.69, 9.17) is 11.6 Å². The van der Waals surface area contributed by atoms with E-state index in [1.807, 2.05) is 0 Å². The van der Waals surface area contributed by atoms with E-state index < -0.39 is 11.7 Å². The Morgan fingerprint density at radius 3 is 2.46 bits per heavy atom. The van der Waals surface area contributed by atoms with E-state index in [-0.39, 0.29) is 16.9 Å². The highest BCUT2D eigenvalue weighted by molar-refractivity contribution is 6.33. The van der Waals surface area contributed by atoms with Crippen LogP contribution in [0.2, 0.25) is 5.02 Å². The summed E-state index contributed by atoms with van der Waals surface area (Å²) in [4.78, 5) is 23.5. The van der Waals surface area contributed by atoms with E-state index in [1.54, 1.807) is 34.2 Å². The topological polar surface area (TPSA) is 61.4 Å². The number of aromatic nitrogens is 2. The first-order valence-corrected chi connectivity index (χ1v) is 8.17. The first kappa shape index (κ1) is 18.2. The molecule has 3 rings (SSSR count). The molecule has 0 spiro atoms. The molecule has 0 bridgehead atoms. The molecule has 0 saturated carbocycles. The van der Waals surface area contributed by atoms with Crippen molar-refractivity contribution >= 4 is 29.3 Å². The van der Waals surface area contributed by atoms with Gasteiger partial charge >= 0.3 is 12.2 Å². The second-order valence-corrected chi connectivity index (χ2v) is 6.05. The first-order chi connectivity index (χ1) is 12.3. The van der Waals surface area contributed by atoms with Crippen molar-refractivity contribution in [2.24, 2.45) is 0 Å². The van der Waals surface area contributed by atoms with Crippen molar-refractivity contribution < 1.29 is 18.0 Å². The standard InChI is InChI=1S/C16H15ClF3N5O/c17-12-9-11(16(18,19)20)10-22-14(12)24-5-7-25(8-6-24)15(26)23-13-3-1-2-4-21-13/h1-4,9-10H,5-8H2,(H,21,23,26). The fourth-order valence-electron chi connectivity index (χ4n) is 2.57. The lowest BCUT2D eigenvalue weighted by Crippen LogP contribution is -2.50. The molecule has 138 valence electrons. The van der Waals surface area contributed by atoms with Crippen molar-refractivity contribution in [3.05, 3.63) is 47.2 Å². The molecule has 0 aliphatic carbocycles. The number of hydrogen-bond donors (Lipinski definition) is 1. The molecule has 6 nitrogen and oxygen atoms in total. The lowest BCUT2D eigenvalue weighted by Gasteiger charge is -2.35. The number of alkyl halides is 3. The molecular weight excluding hydrogens is 371 g/mol. The molecule has 1 aliphatic rings. The number of carbonyl (C=O) groups is 1. The van der Waals surface area contributed by atoms with Gasteiger partial charge in [-0.3, -0.25) is 5.32 Å². The molecule has 2 aromatic rings. The number of hydrogen-bond acceptors (Lipinski definition) is 4. The van der Waals surface area contributed by atoms with Gasteiger partial charge in [0.25, 0.3) is 0 Å². The third-order valence-electron chi connectivity index (χ3n) is 3.92.